The van der Waals surface area contributed by atoms with E-state index in [9.17, 15) is 9.90 Å². The summed E-state index contributed by atoms with van der Waals surface area (Å²) >= 11 is 6.24. The van der Waals surface area contributed by atoms with Crippen LogP contribution in [0.3, 0.4) is 0 Å². The minimum Gasteiger partial charge on any atom is -0.385 e. The molecule has 5 nitrogen and oxygen atoms in total. The number of hydrogen-bond acceptors (Lipinski definition) is 3. The second-order valence-electron chi connectivity index (χ2n) is 8.42. The highest BCUT2D eigenvalue weighted by molar-refractivity contribution is 6.31. The Kier molecular flexibility index (Phi) is 3.80. The van der Waals surface area contributed by atoms with Crippen molar-refractivity contribution in [2.24, 2.45) is 17.8 Å². The van der Waals surface area contributed by atoms with Gasteiger partial charge in [-0.15, -0.1) is 0 Å². The van der Waals surface area contributed by atoms with Crippen molar-refractivity contribution in [2.45, 2.75) is 56.6 Å². The molecule has 3 aliphatic carbocycles. The highest BCUT2D eigenvalue weighted by Gasteiger charge is 2.62. The molecule has 0 bridgehead atoms. The molecule has 0 aliphatic heterocycles. The van der Waals surface area contributed by atoms with E-state index in [1.165, 1.54) is 19.3 Å². The number of carbonyl (C=O) groups excluding carboxylic acids is 1. The first-order chi connectivity index (χ1) is 12.5. The van der Waals surface area contributed by atoms with Crippen LogP contribution in [-0.4, -0.2) is 27.3 Å². The topological polar surface area (TPSA) is 78.0 Å². The lowest BCUT2D eigenvalue weighted by Gasteiger charge is -2.28. The summed E-state index contributed by atoms with van der Waals surface area (Å²) in [5, 5.41) is 23.1. The lowest BCUT2D eigenvalue weighted by Crippen LogP contribution is -2.37. The fraction of sp³-hybridized carbons (Fsp3) is 0.600. The van der Waals surface area contributed by atoms with Gasteiger partial charge in [0.2, 0.25) is 5.91 Å². The van der Waals surface area contributed by atoms with Crippen LogP contribution in [0.1, 0.15) is 50.5 Å². The van der Waals surface area contributed by atoms with Crippen LogP contribution in [0.5, 0.6) is 0 Å². The number of fused-ring (bicyclic) bond motifs is 2. The molecule has 1 aromatic carbocycles. The molecule has 3 fully saturated rings. The van der Waals surface area contributed by atoms with Gasteiger partial charge in [0.25, 0.3) is 0 Å². The summed E-state index contributed by atoms with van der Waals surface area (Å²) in [6, 6.07) is 3.93. The Morgan fingerprint density at radius 3 is 2.69 bits per heavy atom. The highest BCUT2D eigenvalue weighted by Crippen LogP contribution is 2.60. The van der Waals surface area contributed by atoms with Gasteiger partial charge in [-0.05, 0) is 55.2 Å². The normalized spacial score (nSPS) is 34.0. The molecule has 138 valence electrons. The highest BCUT2D eigenvalue weighted by atomic mass is 35.5. The van der Waals surface area contributed by atoms with Crippen LogP contribution in [0.15, 0.2) is 18.3 Å². The van der Waals surface area contributed by atoms with E-state index in [0.717, 1.165) is 29.3 Å². The summed E-state index contributed by atoms with van der Waals surface area (Å²) in [4.78, 5) is 12.5. The first kappa shape index (κ1) is 16.6. The molecule has 0 radical (unpaired) electrons. The predicted octanol–water partition coefficient (Wildman–Crippen LogP) is 3.51. The van der Waals surface area contributed by atoms with E-state index in [4.69, 9.17) is 11.6 Å². The zero-order valence-electron chi connectivity index (χ0n) is 14.7. The lowest BCUT2D eigenvalue weighted by atomic mass is 9.86. The molecule has 3 N–H and O–H groups in total. The van der Waals surface area contributed by atoms with Crippen molar-refractivity contribution in [3.63, 3.8) is 0 Å². The number of hydrogen-bond donors (Lipinski definition) is 3. The number of aliphatic hydroxyl groups is 1. The van der Waals surface area contributed by atoms with E-state index in [2.05, 4.69) is 15.5 Å². The quantitative estimate of drug-likeness (QED) is 0.770. The molecule has 3 saturated carbocycles. The van der Waals surface area contributed by atoms with Crippen molar-refractivity contribution < 1.29 is 9.90 Å². The summed E-state index contributed by atoms with van der Waals surface area (Å²) in [5.41, 5.74) is 0.830. The number of nitrogens with zero attached hydrogens (tertiary/aromatic N) is 1. The summed E-state index contributed by atoms with van der Waals surface area (Å²) in [5.74, 6) is 1.16. The maximum Gasteiger partial charge on any atom is 0.223 e. The van der Waals surface area contributed by atoms with Gasteiger partial charge < -0.3 is 10.4 Å². The Balaban J connectivity index is 1.29. The molecular formula is C20H24ClN3O2. The van der Waals surface area contributed by atoms with Crippen molar-refractivity contribution in [3.8, 4) is 0 Å². The third-order valence-corrected chi connectivity index (χ3v) is 7.01. The largest absolute Gasteiger partial charge is 0.385 e. The zero-order chi connectivity index (χ0) is 17.9. The standard InChI is InChI=1S/C20H24ClN3O2/c21-12-6-16(15-10-22-24-17(15)7-12)20(26)8-13-14(9-20)18(13)23-19(25)11-4-2-1-3-5-11/h6-7,10-11,13-14,18,26H,1-5,8-9H2,(H,22,24)(H,23,25)/t13-,14+,18+,20-. The van der Waals surface area contributed by atoms with Gasteiger partial charge in [-0.2, -0.15) is 5.10 Å². The van der Waals surface area contributed by atoms with Gasteiger partial charge in [-0.25, -0.2) is 0 Å². The zero-order valence-corrected chi connectivity index (χ0v) is 15.4. The second-order valence-corrected chi connectivity index (χ2v) is 8.86. The van der Waals surface area contributed by atoms with Crippen molar-refractivity contribution in [1.29, 1.82) is 0 Å². The number of nitrogens with one attached hydrogen (secondary N) is 2. The Hall–Kier alpha value is -1.59. The van der Waals surface area contributed by atoms with E-state index in [1.54, 1.807) is 6.20 Å². The van der Waals surface area contributed by atoms with Gasteiger partial charge in [-0.1, -0.05) is 30.9 Å². The molecular weight excluding hydrogens is 350 g/mol. The minimum atomic E-state index is -0.881. The van der Waals surface area contributed by atoms with E-state index in [1.807, 2.05) is 12.1 Å². The molecule has 0 saturated heterocycles. The van der Waals surface area contributed by atoms with Crippen molar-refractivity contribution in [3.05, 3.63) is 28.9 Å². The summed E-state index contributed by atoms with van der Waals surface area (Å²) < 4.78 is 0. The Morgan fingerprint density at radius 2 is 1.96 bits per heavy atom. The van der Waals surface area contributed by atoms with Crippen molar-refractivity contribution in [2.75, 3.05) is 0 Å². The Labute approximate surface area is 157 Å². The van der Waals surface area contributed by atoms with Gasteiger partial charge in [0.15, 0.2) is 0 Å². The minimum absolute atomic E-state index is 0.197. The van der Waals surface area contributed by atoms with Crippen LogP contribution >= 0.6 is 11.6 Å². The molecule has 6 heteroatoms. The molecule has 1 amide bonds. The van der Waals surface area contributed by atoms with Gasteiger partial charge in [0, 0.05) is 22.4 Å². The molecule has 26 heavy (non-hydrogen) atoms. The summed E-state index contributed by atoms with van der Waals surface area (Å²) in [6.07, 6.45) is 8.76. The SMILES string of the molecule is O=C(N[C@H]1[C@@H]2C[C@](O)(c3cc(Cl)cc4[nH]ncc34)C[C@@H]21)C1CCCCC1. The fourth-order valence-corrected chi connectivity index (χ4v) is 5.56. The summed E-state index contributed by atoms with van der Waals surface area (Å²) in [7, 11) is 0. The smallest absolute Gasteiger partial charge is 0.223 e. The van der Waals surface area contributed by atoms with E-state index < -0.39 is 5.60 Å². The van der Waals surface area contributed by atoms with Gasteiger partial charge in [0.05, 0.1) is 17.3 Å². The predicted molar refractivity (Wildman–Crippen MR) is 99.7 cm³/mol. The molecule has 0 unspecified atom stereocenters. The average Bonchev–Trinajstić information content (AvgIpc) is 3.01. The van der Waals surface area contributed by atoms with Crippen LogP contribution < -0.4 is 5.32 Å². The average molecular weight is 374 g/mol. The maximum atomic E-state index is 12.5. The maximum absolute atomic E-state index is 12.5. The molecule has 1 aromatic heterocycles. The number of H-pyrrole nitrogens is 1. The molecule has 1 heterocycles. The van der Waals surface area contributed by atoms with Crippen LogP contribution in [0.2, 0.25) is 5.02 Å². The van der Waals surface area contributed by atoms with Crippen LogP contribution in [-0.2, 0) is 10.4 Å². The molecule has 3 aliphatic rings. The van der Waals surface area contributed by atoms with Gasteiger partial charge in [0.1, 0.15) is 0 Å². The van der Waals surface area contributed by atoms with Crippen molar-refractivity contribution in [1.82, 2.24) is 15.5 Å². The monoisotopic (exact) mass is 373 g/mol. The summed E-state index contributed by atoms with van der Waals surface area (Å²) in [6.45, 7) is 0. The fourth-order valence-electron chi connectivity index (χ4n) is 5.35. The number of rotatable bonds is 3. The molecule has 5 rings (SSSR count). The number of benzene rings is 1. The first-order valence-corrected chi connectivity index (χ1v) is 10.1. The Morgan fingerprint density at radius 1 is 1.23 bits per heavy atom. The number of aromatic nitrogens is 2. The number of amides is 1. The number of carbonyl (C=O) groups is 1. The lowest BCUT2D eigenvalue weighted by molar-refractivity contribution is -0.126. The molecule has 2 aromatic rings. The van der Waals surface area contributed by atoms with Crippen LogP contribution in [0, 0.1) is 17.8 Å². The first-order valence-electron chi connectivity index (χ1n) is 9.71. The van der Waals surface area contributed by atoms with E-state index in [-0.39, 0.29) is 17.9 Å². The van der Waals surface area contributed by atoms with E-state index in [0.29, 0.717) is 29.7 Å². The third kappa shape index (κ3) is 2.64. The van der Waals surface area contributed by atoms with E-state index >= 15 is 0 Å². The number of halogens is 1. The van der Waals surface area contributed by atoms with Crippen molar-refractivity contribution >= 4 is 28.4 Å². The van der Waals surface area contributed by atoms with Crippen LogP contribution in [0.25, 0.3) is 10.9 Å². The Bertz CT molecular complexity index is 846. The van der Waals surface area contributed by atoms with Gasteiger partial charge >= 0.3 is 0 Å². The molecule has 0 spiro atoms. The second kappa shape index (κ2) is 5.96. The third-order valence-electron chi connectivity index (χ3n) is 6.79. The number of aromatic amines is 1. The van der Waals surface area contributed by atoms with Crippen LogP contribution in [0.4, 0.5) is 0 Å². The van der Waals surface area contributed by atoms with Gasteiger partial charge in [-0.3, -0.25) is 9.89 Å². The molecule has 4 atom stereocenters.